The van der Waals surface area contributed by atoms with E-state index in [1.807, 2.05) is 0 Å². The lowest BCUT2D eigenvalue weighted by atomic mass is 10.0. The van der Waals surface area contributed by atoms with E-state index in [0.29, 0.717) is 13.0 Å². The summed E-state index contributed by atoms with van der Waals surface area (Å²) in [6.07, 6.45) is -0.157. The molecule has 1 aliphatic carbocycles. The van der Waals surface area contributed by atoms with E-state index in [1.165, 1.54) is 30.9 Å². The Kier molecular flexibility index (Phi) is 7.14. The van der Waals surface area contributed by atoms with E-state index in [-0.39, 0.29) is 35.8 Å². The molecule has 214 valence electrons. The fourth-order valence-corrected chi connectivity index (χ4v) is 4.64. The summed E-state index contributed by atoms with van der Waals surface area (Å²) in [6, 6.07) is 3.19. The normalized spacial score (nSPS) is 19.5. The molecule has 0 radical (unpaired) electrons. The first-order valence-electron chi connectivity index (χ1n) is 12.7. The smallest absolute Gasteiger partial charge is 0.444 e. The fraction of sp³-hybridized carbons (Fsp3) is 0.520. The van der Waals surface area contributed by atoms with E-state index in [1.54, 1.807) is 30.2 Å². The molecule has 3 heterocycles. The number of ether oxygens (including phenoxy) is 2. The van der Waals surface area contributed by atoms with Crippen LogP contribution in [0.25, 0.3) is 11.5 Å². The van der Waals surface area contributed by atoms with Crippen molar-refractivity contribution in [2.24, 2.45) is 0 Å². The second-order valence-electron chi connectivity index (χ2n) is 10.8. The second kappa shape index (κ2) is 10.4. The molecule has 1 aromatic carbocycles. The number of amides is 2. The van der Waals surface area contributed by atoms with E-state index < -0.39 is 35.8 Å². The molecule has 0 spiro atoms. The molecule has 1 saturated heterocycles. The molecule has 40 heavy (non-hydrogen) atoms. The number of rotatable bonds is 7. The molecular weight excluding hydrogens is 535 g/mol. The lowest BCUT2D eigenvalue weighted by molar-refractivity contribution is -0.274. The van der Waals surface area contributed by atoms with Crippen LogP contribution in [0.3, 0.4) is 0 Å². The molecule has 1 N–H and O–H groups in total. The third kappa shape index (κ3) is 6.69. The number of benzene rings is 1. The summed E-state index contributed by atoms with van der Waals surface area (Å²) in [5.41, 5.74) is 0.314. The average molecular weight is 564 g/mol. The summed E-state index contributed by atoms with van der Waals surface area (Å²) < 4.78 is 55.3. The zero-order valence-corrected chi connectivity index (χ0v) is 22.0. The van der Waals surface area contributed by atoms with Gasteiger partial charge < -0.3 is 28.7 Å². The van der Waals surface area contributed by atoms with Crippen LogP contribution in [0.1, 0.15) is 62.2 Å². The second-order valence-corrected chi connectivity index (χ2v) is 10.8. The Morgan fingerprint density at radius 2 is 1.85 bits per heavy atom. The minimum Gasteiger partial charge on any atom is -0.444 e. The number of nitrogens with one attached hydrogen (secondary N) is 1. The van der Waals surface area contributed by atoms with Crippen molar-refractivity contribution in [3.8, 4) is 17.2 Å². The van der Waals surface area contributed by atoms with Gasteiger partial charge in [0.1, 0.15) is 24.0 Å². The van der Waals surface area contributed by atoms with Crippen LogP contribution >= 0.6 is 0 Å². The molecule has 1 saturated carbocycles. The van der Waals surface area contributed by atoms with Crippen molar-refractivity contribution in [2.75, 3.05) is 6.54 Å². The Bertz CT molecular complexity index is 1370. The third-order valence-corrected chi connectivity index (χ3v) is 6.39. The molecular formula is C25H28F3N7O5. The summed E-state index contributed by atoms with van der Waals surface area (Å²) in [7, 11) is 0. The molecule has 1 aliphatic heterocycles. The predicted molar refractivity (Wildman–Crippen MR) is 131 cm³/mol. The van der Waals surface area contributed by atoms with Crippen molar-refractivity contribution in [3.63, 3.8) is 0 Å². The summed E-state index contributed by atoms with van der Waals surface area (Å²) >= 11 is 0. The van der Waals surface area contributed by atoms with Gasteiger partial charge in [0, 0.05) is 24.7 Å². The summed E-state index contributed by atoms with van der Waals surface area (Å²) in [5, 5.41) is 18.1. The fourth-order valence-electron chi connectivity index (χ4n) is 4.64. The number of carbonyl (C=O) groups is 2. The number of likely N-dealkylation sites (tertiary alicyclic amines) is 1. The molecule has 15 heteroatoms. The molecule has 2 atom stereocenters. The van der Waals surface area contributed by atoms with Gasteiger partial charge in [0.2, 0.25) is 5.89 Å². The Morgan fingerprint density at radius 3 is 2.50 bits per heavy atom. The van der Waals surface area contributed by atoms with Crippen LogP contribution in [0.4, 0.5) is 18.0 Å². The Labute approximate surface area is 226 Å². The van der Waals surface area contributed by atoms with Gasteiger partial charge in [-0.2, -0.15) is 0 Å². The lowest BCUT2D eigenvalue weighted by Crippen LogP contribution is -2.43. The van der Waals surface area contributed by atoms with E-state index in [9.17, 15) is 22.8 Å². The molecule has 1 unspecified atom stereocenters. The van der Waals surface area contributed by atoms with Crippen LogP contribution in [0.5, 0.6) is 5.75 Å². The maximum atomic E-state index is 13.0. The van der Waals surface area contributed by atoms with Gasteiger partial charge >= 0.3 is 24.3 Å². The van der Waals surface area contributed by atoms with Crippen LogP contribution in [-0.4, -0.2) is 72.5 Å². The molecule has 2 amide bonds. The van der Waals surface area contributed by atoms with Gasteiger partial charge in [-0.25, -0.2) is 4.79 Å². The lowest BCUT2D eigenvalue weighted by Gasteiger charge is -2.28. The van der Waals surface area contributed by atoms with Gasteiger partial charge in [0.25, 0.3) is 0 Å². The van der Waals surface area contributed by atoms with Crippen molar-refractivity contribution in [2.45, 2.75) is 76.5 Å². The zero-order chi connectivity index (χ0) is 28.7. The first kappa shape index (κ1) is 27.4. The summed E-state index contributed by atoms with van der Waals surface area (Å²) in [6.45, 7) is 5.87. The summed E-state index contributed by atoms with van der Waals surface area (Å²) in [5.74, 6) is -1.40. The quantitative estimate of drug-likeness (QED) is 0.453. The molecule has 3 aromatic rings. The highest BCUT2D eigenvalue weighted by Gasteiger charge is 2.39. The molecule has 2 fully saturated rings. The number of carbonyl (C=O) groups excluding carboxylic acids is 2. The number of aromatic nitrogens is 5. The van der Waals surface area contributed by atoms with E-state index in [4.69, 9.17) is 9.15 Å². The third-order valence-electron chi connectivity index (χ3n) is 6.39. The van der Waals surface area contributed by atoms with Crippen LogP contribution in [-0.2, 0) is 11.3 Å². The maximum Gasteiger partial charge on any atom is 0.573 e. The van der Waals surface area contributed by atoms with Crippen molar-refractivity contribution < 1.29 is 36.7 Å². The molecule has 2 aliphatic rings. The highest BCUT2D eigenvalue weighted by Crippen LogP contribution is 2.45. The van der Waals surface area contributed by atoms with Crippen LogP contribution in [0.2, 0.25) is 0 Å². The van der Waals surface area contributed by atoms with Crippen molar-refractivity contribution >= 4 is 12.0 Å². The number of hydrogen-bond donors (Lipinski definition) is 1. The Morgan fingerprint density at radius 1 is 1.12 bits per heavy atom. The average Bonchev–Trinajstić information content (AvgIpc) is 3.21. The van der Waals surface area contributed by atoms with Crippen molar-refractivity contribution in [1.82, 2.24) is 35.2 Å². The minimum atomic E-state index is -4.86. The highest BCUT2D eigenvalue weighted by atomic mass is 19.4. The van der Waals surface area contributed by atoms with Crippen LogP contribution in [0.15, 0.2) is 35.3 Å². The number of alkyl halides is 3. The van der Waals surface area contributed by atoms with Crippen LogP contribution in [0, 0.1) is 0 Å². The topological polar surface area (TPSA) is 138 Å². The molecule has 12 nitrogen and oxygen atoms in total. The van der Waals surface area contributed by atoms with Gasteiger partial charge in [0.05, 0.1) is 6.04 Å². The monoisotopic (exact) mass is 563 g/mol. The predicted octanol–water partition coefficient (Wildman–Crippen LogP) is 3.91. The van der Waals surface area contributed by atoms with Gasteiger partial charge in [-0.15, -0.1) is 33.6 Å². The molecule has 0 bridgehead atoms. The SMILES string of the molecule is CC(C)(C)OC(=O)N1CC(NC(=O)c2nnc(-c3cc(OC(F)(F)F)ccc3C3CC3)o2)C[C@@H]1Cn1cnnc1. The number of nitrogens with zero attached hydrogens (tertiary/aromatic N) is 6. The van der Waals surface area contributed by atoms with Gasteiger partial charge in [-0.1, -0.05) is 6.07 Å². The number of halogens is 3. The Balaban J connectivity index is 1.31. The largest absolute Gasteiger partial charge is 0.573 e. The standard InChI is InChI=1S/C25H28F3N7O5/c1-24(2,3)40-23(37)35-10-15(8-16(35)11-34-12-29-30-13-34)31-20(36)22-33-32-21(38-22)19-9-17(39-25(26,27)28)6-7-18(19)14-4-5-14/h6-7,9,12-16H,4-5,8,10-11H2,1-3H3,(H,31,36)/t15?,16-/m1/s1. The van der Waals surface area contributed by atoms with Crippen LogP contribution < -0.4 is 10.1 Å². The van der Waals surface area contributed by atoms with Gasteiger partial charge in [-0.05, 0) is 63.6 Å². The van der Waals surface area contributed by atoms with Gasteiger partial charge in [0.15, 0.2) is 0 Å². The van der Waals surface area contributed by atoms with E-state index >= 15 is 0 Å². The van der Waals surface area contributed by atoms with Crippen molar-refractivity contribution in [3.05, 3.63) is 42.3 Å². The van der Waals surface area contributed by atoms with E-state index in [0.717, 1.165) is 18.4 Å². The Hall–Kier alpha value is -4.17. The molecule has 5 rings (SSSR count). The summed E-state index contributed by atoms with van der Waals surface area (Å²) in [4.78, 5) is 27.5. The maximum absolute atomic E-state index is 13.0. The first-order valence-corrected chi connectivity index (χ1v) is 12.7. The zero-order valence-electron chi connectivity index (χ0n) is 22.0. The first-order chi connectivity index (χ1) is 18.8. The minimum absolute atomic E-state index is 0.0908. The van der Waals surface area contributed by atoms with Crippen molar-refractivity contribution in [1.29, 1.82) is 0 Å². The highest BCUT2D eigenvalue weighted by molar-refractivity contribution is 5.90. The van der Waals surface area contributed by atoms with Gasteiger partial charge in [-0.3, -0.25) is 4.79 Å². The van der Waals surface area contributed by atoms with E-state index in [2.05, 4.69) is 30.4 Å². The molecule has 2 aromatic heterocycles. The number of hydrogen-bond acceptors (Lipinski definition) is 9.